The van der Waals surface area contributed by atoms with E-state index in [1.807, 2.05) is 11.7 Å². The van der Waals surface area contributed by atoms with Gasteiger partial charge in [-0.05, 0) is 42.6 Å². The summed E-state index contributed by atoms with van der Waals surface area (Å²) in [7, 11) is 1.99. The van der Waals surface area contributed by atoms with Crippen molar-refractivity contribution in [2.45, 2.75) is 33.2 Å². The van der Waals surface area contributed by atoms with Crippen molar-refractivity contribution in [2.75, 3.05) is 0 Å². The molecular formula is C14H18N4S2. The van der Waals surface area contributed by atoms with Crippen LogP contribution in [-0.2, 0) is 20.0 Å². The zero-order valence-corrected chi connectivity index (χ0v) is 13.6. The summed E-state index contributed by atoms with van der Waals surface area (Å²) >= 11 is 7.27. The summed E-state index contributed by atoms with van der Waals surface area (Å²) in [5.41, 5.74) is 4.61. The first-order valence-corrected chi connectivity index (χ1v) is 8.08. The van der Waals surface area contributed by atoms with Gasteiger partial charge in [0.1, 0.15) is 5.52 Å². The average molecular weight is 306 g/mol. The number of aryl methyl sites for hydroxylation is 3. The summed E-state index contributed by atoms with van der Waals surface area (Å²) < 4.78 is 4.86. The van der Waals surface area contributed by atoms with Crippen molar-refractivity contribution in [3.63, 3.8) is 0 Å². The molecule has 0 spiro atoms. The van der Waals surface area contributed by atoms with Gasteiger partial charge in [-0.15, -0.1) is 11.3 Å². The van der Waals surface area contributed by atoms with Gasteiger partial charge in [0.25, 0.3) is 0 Å². The number of aromatic nitrogens is 4. The number of imidazole rings is 1. The van der Waals surface area contributed by atoms with Crippen LogP contribution >= 0.6 is 23.6 Å². The van der Waals surface area contributed by atoms with Crippen LogP contribution in [0.1, 0.15) is 29.5 Å². The molecule has 0 bridgehead atoms. The molecule has 0 unspecified atom stereocenters. The van der Waals surface area contributed by atoms with E-state index in [1.165, 1.54) is 10.4 Å². The first-order chi connectivity index (χ1) is 9.61. The molecule has 0 radical (unpaired) electrons. The zero-order chi connectivity index (χ0) is 14.3. The first-order valence-electron chi connectivity index (χ1n) is 6.79. The Morgan fingerprint density at radius 3 is 2.90 bits per heavy atom. The van der Waals surface area contributed by atoms with E-state index in [-0.39, 0.29) is 0 Å². The monoisotopic (exact) mass is 306 g/mol. The Labute approximate surface area is 127 Å². The van der Waals surface area contributed by atoms with Crippen LogP contribution in [0.4, 0.5) is 0 Å². The summed E-state index contributed by atoms with van der Waals surface area (Å²) in [6.07, 6.45) is 2.06. The summed E-state index contributed by atoms with van der Waals surface area (Å²) in [6, 6.07) is 2.15. The lowest BCUT2D eigenvalue weighted by Gasteiger charge is -2.04. The lowest BCUT2D eigenvalue weighted by Crippen LogP contribution is -2.04. The second kappa shape index (κ2) is 5.18. The Morgan fingerprint density at radius 2 is 2.25 bits per heavy atom. The number of hydrogen-bond acceptors (Lipinski definition) is 3. The largest absolute Gasteiger partial charge is 0.328 e. The van der Waals surface area contributed by atoms with Gasteiger partial charge in [-0.1, -0.05) is 13.3 Å². The van der Waals surface area contributed by atoms with Gasteiger partial charge >= 0.3 is 0 Å². The van der Waals surface area contributed by atoms with Gasteiger partial charge in [0, 0.05) is 11.9 Å². The lowest BCUT2D eigenvalue weighted by atomic mass is 10.2. The molecule has 3 aromatic heterocycles. The minimum atomic E-state index is 0.776. The highest BCUT2D eigenvalue weighted by Gasteiger charge is 2.15. The third-order valence-electron chi connectivity index (χ3n) is 3.58. The Bertz CT molecular complexity index is 803. The van der Waals surface area contributed by atoms with Crippen molar-refractivity contribution < 1.29 is 0 Å². The second-order valence-corrected chi connectivity index (χ2v) is 6.45. The standard InChI is InChI=1S/C14H18N4S2/c1-4-5-10-12-13(17(3)16-10)18(14(19)15-12)8-11-9(2)6-7-20-11/h6-7H,4-5,8H2,1-3H3,(H,15,19). The van der Waals surface area contributed by atoms with Gasteiger partial charge in [-0.25, -0.2) is 0 Å². The molecule has 0 aliphatic heterocycles. The van der Waals surface area contributed by atoms with Crippen molar-refractivity contribution in [2.24, 2.45) is 7.05 Å². The molecule has 0 atom stereocenters. The zero-order valence-electron chi connectivity index (χ0n) is 11.9. The number of thiophene rings is 1. The third kappa shape index (κ3) is 2.13. The summed E-state index contributed by atoms with van der Waals surface area (Å²) in [5.74, 6) is 0. The maximum atomic E-state index is 5.50. The Hall–Kier alpha value is -1.40. The van der Waals surface area contributed by atoms with Crippen LogP contribution in [-0.4, -0.2) is 19.3 Å². The van der Waals surface area contributed by atoms with E-state index in [9.17, 15) is 0 Å². The number of H-pyrrole nitrogens is 1. The van der Waals surface area contributed by atoms with E-state index < -0.39 is 0 Å². The maximum absolute atomic E-state index is 5.50. The van der Waals surface area contributed by atoms with Crippen molar-refractivity contribution in [1.82, 2.24) is 19.3 Å². The highest BCUT2D eigenvalue weighted by molar-refractivity contribution is 7.71. The molecule has 4 nitrogen and oxygen atoms in total. The van der Waals surface area contributed by atoms with Gasteiger partial charge in [0.2, 0.25) is 0 Å². The van der Waals surface area contributed by atoms with Crippen molar-refractivity contribution in [3.8, 4) is 0 Å². The fourth-order valence-corrected chi connectivity index (χ4v) is 3.69. The highest BCUT2D eigenvalue weighted by atomic mass is 32.1. The molecule has 0 aliphatic rings. The maximum Gasteiger partial charge on any atom is 0.179 e. The van der Waals surface area contributed by atoms with E-state index in [2.05, 4.69) is 39.9 Å². The fourth-order valence-electron chi connectivity index (χ4n) is 2.55. The summed E-state index contributed by atoms with van der Waals surface area (Å²) in [6.45, 7) is 5.12. The molecule has 0 amide bonds. The minimum absolute atomic E-state index is 0.776. The summed E-state index contributed by atoms with van der Waals surface area (Å²) in [5, 5.41) is 6.74. The molecule has 3 rings (SSSR count). The van der Waals surface area contributed by atoms with E-state index in [4.69, 9.17) is 12.2 Å². The summed E-state index contributed by atoms with van der Waals surface area (Å²) in [4.78, 5) is 4.68. The van der Waals surface area contributed by atoms with Crippen LogP contribution in [0, 0.1) is 11.7 Å². The number of rotatable bonds is 4. The van der Waals surface area contributed by atoms with Crippen molar-refractivity contribution in [1.29, 1.82) is 0 Å². The Kier molecular flexibility index (Phi) is 3.52. The second-order valence-electron chi connectivity index (χ2n) is 5.06. The quantitative estimate of drug-likeness (QED) is 0.745. The number of fused-ring (bicyclic) bond motifs is 1. The van der Waals surface area contributed by atoms with Gasteiger partial charge in [-0.2, -0.15) is 5.10 Å². The molecule has 3 aromatic rings. The fraction of sp³-hybridized carbons (Fsp3) is 0.429. The number of nitrogens with zero attached hydrogens (tertiary/aromatic N) is 3. The Morgan fingerprint density at radius 1 is 1.45 bits per heavy atom. The molecular weight excluding hydrogens is 288 g/mol. The van der Waals surface area contributed by atoms with Gasteiger partial charge in [0.15, 0.2) is 10.4 Å². The first kappa shape index (κ1) is 13.6. The molecule has 6 heteroatoms. The molecule has 0 aromatic carbocycles. The smallest absolute Gasteiger partial charge is 0.179 e. The normalized spacial score (nSPS) is 11.6. The lowest BCUT2D eigenvalue weighted by molar-refractivity contribution is 0.705. The van der Waals surface area contributed by atoms with Gasteiger partial charge < -0.3 is 4.98 Å². The molecule has 0 saturated carbocycles. The van der Waals surface area contributed by atoms with E-state index in [0.29, 0.717) is 0 Å². The molecule has 1 N–H and O–H groups in total. The van der Waals surface area contributed by atoms with Crippen LogP contribution in [0.25, 0.3) is 11.2 Å². The highest BCUT2D eigenvalue weighted by Crippen LogP contribution is 2.23. The van der Waals surface area contributed by atoms with E-state index in [0.717, 1.165) is 41.0 Å². The molecule has 3 heterocycles. The molecule has 0 saturated heterocycles. The number of nitrogens with one attached hydrogen (secondary N) is 1. The SMILES string of the molecule is CCCc1nn(C)c2c1[nH]c(=S)n2Cc1sccc1C. The Balaban J connectivity index is 2.13. The molecule has 0 fully saturated rings. The average Bonchev–Trinajstić information content (AvgIpc) is 3.02. The van der Waals surface area contributed by atoms with Crippen LogP contribution in [0.2, 0.25) is 0 Å². The van der Waals surface area contributed by atoms with Crippen LogP contribution < -0.4 is 0 Å². The number of hydrogen-bond donors (Lipinski definition) is 1. The van der Waals surface area contributed by atoms with Gasteiger partial charge in [0.05, 0.1) is 12.2 Å². The van der Waals surface area contributed by atoms with Crippen molar-refractivity contribution in [3.05, 3.63) is 32.4 Å². The van der Waals surface area contributed by atoms with Gasteiger partial charge in [-0.3, -0.25) is 9.25 Å². The minimum Gasteiger partial charge on any atom is -0.328 e. The number of aromatic amines is 1. The third-order valence-corrected chi connectivity index (χ3v) is 4.91. The topological polar surface area (TPSA) is 38.5 Å². The van der Waals surface area contributed by atoms with Crippen molar-refractivity contribution >= 4 is 34.7 Å². The van der Waals surface area contributed by atoms with Crippen LogP contribution in [0.3, 0.4) is 0 Å². The molecule has 106 valence electrons. The van der Waals surface area contributed by atoms with Crippen LogP contribution in [0.15, 0.2) is 11.4 Å². The van der Waals surface area contributed by atoms with E-state index >= 15 is 0 Å². The van der Waals surface area contributed by atoms with E-state index in [1.54, 1.807) is 11.3 Å². The predicted octanol–water partition coefficient (Wildman–Crippen LogP) is 3.80. The predicted molar refractivity (Wildman–Crippen MR) is 86.0 cm³/mol. The van der Waals surface area contributed by atoms with Crippen LogP contribution in [0.5, 0.6) is 0 Å². The molecule has 20 heavy (non-hydrogen) atoms. The molecule has 0 aliphatic carbocycles.